The van der Waals surface area contributed by atoms with Crippen LogP contribution in [0.2, 0.25) is 0 Å². The maximum Gasteiger partial charge on any atom is 0.131 e. The molecule has 0 atom stereocenters. The second-order valence-corrected chi connectivity index (χ2v) is 10.9. The largest absolute Gasteiger partial charge is 0.687 e. The summed E-state index contributed by atoms with van der Waals surface area (Å²) in [4.78, 5) is 127. The van der Waals surface area contributed by atoms with Gasteiger partial charge in [-0.05, 0) is 0 Å². The molecule has 0 aromatic carbocycles. The molecule has 0 bridgehead atoms. The van der Waals surface area contributed by atoms with Crippen molar-refractivity contribution in [2.24, 2.45) is 0 Å². The Morgan fingerprint density at radius 1 is 0.500 bits per heavy atom. The quantitative estimate of drug-likeness (QED) is 0.298. The summed E-state index contributed by atoms with van der Waals surface area (Å²) in [6, 6.07) is 0. The molecule has 0 unspecified atom stereocenters. The van der Waals surface area contributed by atoms with Crippen LogP contribution in [0.5, 0.6) is 0 Å². The van der Waals surface area contributed by atoms with Crippen molar-refractivity contribution in [2.45, 2.75) is 0 Å². The Balaban J connectivity index is 4.94. The van der Waals surface area contributed by atoms with Crippen molar-refractivity contribution < 1.29 is 58.7 Å². The van der Waals surface area contributed by atoms with E-state index in [9.17, 15) is 53.8 Å². The number of nitrogens with zero attached hydrogens (tertiary/aromatic N) is 2. The molecule has 0 amide bonds. The lowest BCUT2D eigenvalue weighted by Crippen LogP contribution is -2.50. The van der Waals surface area contributed by atoms with Gasteiger partial charge in [0.1, 0.15) is 6.29 Å². The summed E-state index contributed by atoms with van der Waals surface area (Å²) in [5.41, 5.74) is 0. The Kier molecular flexibility index (Phi) is 9.84. The second-order valence-electron chi connectivity index (χ2n) is 4.82. The van der Waals surface area contributed by atoms with Crippen LogP contribution < -0.4 is 53.8 Å². The van der Waals surface area contributed by atoms with Gasteiger partial charge in [0.25, 0.3) is 0 Å². The smallest absolute Gasteiger partial charge is 0.131 e. The third kappa shape index (κ3) is 16.6. The summed E-state index contributed by atoms with van der Waals surface area (Å²) in [6.07, 6.45) is -5.45. The first kappa shape index (κ1) is 25.2. The molecule has 0 aliphatic carbocycles. The molecule has 0 aliphatic heterocycles. The van der Waals surface area contributed by atoms with Gasteiger partial charge < -0.3 is 53.8 Å². The molecule has 0 heterocycles. The third-order valence-electron chi connectivity index (χ3n) is 2.23. The first-order valence-corrected chi connectivity index (χ1v) is 12.8. The van der Waals surface area contributed by atoms with Gasteiger partial charge in [-0.2, -0.15) is 0 Å². The lowest BCUT2D eigenvalue weighted by molar-refractivity contribution is -0.434. The van der Waals surface area contributed by atoms with Gasteiger partial charge in [-0.1, -0.05) is 0 Å². The minimum Gasteiger partial charge on any atom is -0.687 e. The lowest BCUT2D eigenvalue weighted by atomic mass is 10.5. The maximum atomic E-state index is 10.8. The predicted octanol–water partition coefficient (Wildman–Crippen LogP) is -10.6. The number of hydrogen-bond donors (Lipinski definition) is 1. The summed E-state index contributed by atoms with van der Waals surface area (Å²) in [5, 5.41) is 0. The highest BCUT2D eigenvalue weighted by Gasteiger charge is 2.21. The predicted molar refractivity (Wildman–Crippen MR) is 62.8 cm³/mol. The molecular weight excluding hydrogens is 416 g/mol. The molecule has 146 valence electrons. The Morgan fingerprint density at radius 2 is 0.750 bits per heavy atom. The highest BCUT2D eigenvalue weighted by atomic mass is 31.2. The SMILES string of the molecule is [O-][P+]([O-])([O-])CN(CCN(C[P+]([O-])([O-])[O-])C[P+]([O-])([O-])O)C[P+]([O-])([O-])[O-]. The third-order valence-corrected chi connectivity index (χ3v) is 5.23. The number of rotatable bonds is 11. The monoisotopic (exact) mass is 429 g/mol. The van der Waals surface area contributed by atoms with Crippen molar-refractivity contribution in [3.63, 3.8) is 0 Å². The van der Waals surface area contributed by atoms with Crippen LogP contribution in [0, 0.1) is 0 Å². The minimum absolute atomic E-state index is 0.336. The molecule has 18 heteroatoms. The molecule has 0 saturated carbocycles. The lowest BCUT2D eigenvalue weighted by Gasteiger charge is -2.50. The van der Waals surface area contributed by atoms with Crippen LogP contribution in [-0.2, 0) is 0 Å². The van der Waals surface area contributed by atoms with Crippen molar-refractivity contribution in [3.8, 4) is 0 Å². The van der Waals surface area contributed by atoms with Crippen LogP contribution in [0.1, 0.15) is 0 Å². The second kappa shape index (κ2) is 9.38. The molecule has 0 aromatic heterocycles. The fraction of sp³-hybridized carbons (Fsp3) is 1.00. The van der Waals surface area contributed by atoms with Gasteiger partial charge in [0.2, 0.25) is 0 Å². The minimum atomic E-state index is -5.29. The first-order valence-electron chi connectivity index (χ1n) is 5.87. The Hall–Kier alpha value is 1.16. The molecule has 14 nitrogen and oxygen atoms in total. The number of hydrogen-bond acceptors (Lipinski definition) is 14. The summed E-state index contributed by atoms with van der Waals surface area (Å²) in [7, 11) is -20.9. The van der Waals surface area contributed by atoms with E-state index < -0.39 is 70.0 Å². The van der Waals surface area contributed by atoms with Gasteiger partial charge in [0, 0.05) is 13.1 Å². The average Bonchev–Trinajstić information content (AvgIpc) is 2.16. The fourth-order valence-electron chi connectivity index (χ4n) is 1.64. The van der Waals surface area contributed by atoms with Crippen LogP contribution >= 0.6 is 31.8 Å². The molecule has 0 saturated heterocycles. The van der Waals surface area contributed by atoms with E-state index in [1.54, 1.807) is 0 Å². The van der Waals surface area contributed by atoms with Crippen LogP contribution in [0.4, 0.5) is 0 Å². The van der Waals surface area contributed by atoms with E-state index >= 15 is 0 Å². The van der Waals surface area contributed by atoms with Crippen molar-refractivity contribution in [2.75, 3.05) is 38.2 Å². The van der Waals surface area contributed by atoms with Gasteiger partial charge in [-0.15, -0.1) is 23.8 Å². The fourth-order valence-corrected chi connectivity index (χ4v) is 4.90. The molecule has 0 aliphatic rings. The van der Waals surface area contributed by atoms with Gasteiger partial charge in [-0.3, -0.25) is 4.89 Å². The van der Waals surface area contributed by atoms with E-state index in [0.717, 1.165) is 0 Å². The van der Waals surface area contributed by atoms with E-state index in [2.05, 4.69) is 0 Å². The Morgan fingerprint density at radius 3 is 0.958 bits per heavy atom. The highest BCUT2D eigenvalue weighted by Crippen LogP contribution is 2.38. The van der Waals surface area contributed by atoms with Gasteiger partial charge in [0.15, 0.2) is 0 Å². The molecule has 0 aromatic rings. The Bertz CT molecular complexity index is 308. The molecule has 0 fully saturated rings. The van der Waals surface area contributed by atoms with E-state index in [1.165, 1.54) is 0 Å². The molecule has 0 rings (SSSR count). The van der Waals surface area contributed by atoms with E-state index in [0.29, 0.717) is 9.80 Å². The molecule has 0 spiro atoms. The van der Waals surface area contributed by atoms with Crippen LogP contribution in [-0.4, -0.2) is 52.9 Å². The maximum absolute atomic E-state index is 10.8. The summed E-state index contributed by atoms with van der Waals surface area (Å²) >= 11 is 0. The van der Waals surface area contributed by atoms with Gasteiger partial charge in [0.05, 0.1) is 26.8 Å². The zero-order chi connectivity index (χ0) is 19.4. The van der Waals surface area contributed by atoms with E-state index in [-0.39, 0.29) is 0 Å². The van der Waals surface area contributed by atoms with Crippen molar-refractivity contribution in [3.05, 3.63) is 0 Å². The highest BCUT2D eigenvalue weighted by molar-refractivity contribution is 7.56. The summed E-state index contributed by atoms with van der Waals surface area (Å²) < 4.78 is 0. The molecule has 1 N–H and O–H groups in total. The molecule has 0 radical (unpaired) electrons. The van der Waals surface area contributed by atoms with Gasteiger partial charge in [-0.25, -0.2) is 9.80 Å². The van der Waals surface area contributed by atoms with Crippen molar-refractivity contribution >= 4 is 31.8 Å². The summed E-state index contributed by atoms with van der Waals surface area (Å²) in [5.74, 6) is 0. The average molecular weight is 429 g/mol. The van der Waals surface area contributed by atoms with Crippen LogP contribution in [0.3, 0.4) is 0 Å². The zero-order valence-electron chi connectivity index (χ0n) is 11.9. The zero-order valence-corrected chi connectivity index (χ0v) is 15.4. The van der Waals surface area contributed by atoms with Crippen molar-refractivity contribution in [1.82, 2.24) is 9.80 Å². The van der Waals surface area contributed by atoms with Gasteiger partial charge >= 0.3 is 0 Å². The normalized spacial score (nSPS) is 14.8. The molecular formula is C6H13N2O12P4-7. The molecule has 24 heavy (non-hydrogen) atoms. The van der Waals surface area contributed by atoms with E-state index in [4.69, 9.17) is 4.89 Å². The Labute approximate surface area is 139 Å². The van der Waals surface area contributed by atoms with Crippen LogP contribution in [0.25, 0.3) is 0 Å². The summed E-state index contributed by atoms with van der Waals surface area (Å²) in [6.45, 7) is -1.48. The van der Waals surface area contributed by atoms with Crippen LogP contribution in [0.15, 0.2) is 0 Å². The van der Waals surface area contributed by atoms with Crippen molar-refractivity contribution in [1.29, 1.82) is 0 Å². The first-order chi connectivity index (χ1) is 10.4. The standard InChI is InChI=1S/C6H20N2O12P4/c9-21(10,11)3-7(4-22(12,13)14)1-2-8(5-23(15,16)17)6-24(18,19)20/h1-6H2,(H2,9,10,11)(H2,12,13,14)(H2,15,16,17)(H2,18,19,20)/p-7. The van der Waals surface area contributed by atoms with E-state index in [1.807, 2.05) is 0 Å². The topological polar surface area (TPSA) is 280 Å².